The van der Waals surface area contributed by atoms with Crippen LogP contribution in [0.3, 0.4) is 0 Å². The van der Waals surface area contributed by atoms with E-state index < -0.39 is 0 Å². The molecule has 0 aromatic heterocycles. The van der Waals surface area contributed by atoms with Crippen LogP contribution in [0.5, 0.6) is 0 Å². The summed E-state index contributed by atoms with van der Waals surface area (Å²) in [5.41, 5.74) is 0.887. The first-order valence-electron chi connectivity index (χ1n) is 3.56. The van der Waals surface area contributed by atoms with Gasteiger partial charge in [0.2, 0.25) is 0 Å². The van der Waals surface area contributed by atoms with Crippen LogP contribution in [-0.4, -0.2) is 5.78 Å². The number of carbonyl (C=O) groups is 1. The SMILES string of the molecule is CC(=O)Cc1cc(Cl)ccc1S. The minimum Gasteiger partial charge on any atom is -0.300 e. The van der Waals surface area contributed by atoms with Gasteiger partial charge in [-0.3, -0.25) is 4.79 Å². The Labute approximate surface area is 82.1 Å². The van der Waals surface area contributed by atoms with Crippen molar-refractivity contribution in [3.63, 3.8) is 0 Å². The van der Waals surface area contributed by atoms with Gasteiger partial charge in [-0.15, -0.1) is 12.6 Å². The van der Waals surface area contributed by atoms with Gasteiger partial charge in [0.15, 0.2) is 0 Å². The molecule has 1 aromatic rings. The van der Waals surface area contributed by atoms with Crippen LogP contribution in [0.1, 0.15) is 12.5 Å². The van der Waals surface area contributed by atoms with Gasteiger partial charge in [0.25, 0.3) is 0 Å². The monoisotopic (exact) mass is 200 g/mol. The van der Waals surface area contributed by atoms with Gasteiger partial charge in [0.05, 0.1) is 0 Å². The van der Waals surface area contributed by atoms with Crippen molar-refractivity contribution in [2.24, 2.45) is 0 Å². The Bertz CT molecular complexity index is 309. The maximum atomic E-state index is 10.8. The summed E-state index contributed by atoms with van der Waals surface area (Å²) in [6.45, 7) is 1.55. The van der Waals surface area contributed by atoms with Crippen molar-refractivity contribution in [2.45, 2.75) is 18.2 Å². The highest BCUT2D eigenvalue weighted by atomic mass is 35.5. The first-order chi connectivity index (χ1) is 5.59. The fourth-order valence-electron chi connectivity index (χ4n) is 0.964. The molecule has 12 heavy (non-hydrogen) atoms. The zero-order chi connectivity index (χ0) is 9.14. The summed E-state index contributed by atoms with van der Waals surface area (Å²) in [5, 5.41) is 0.643. The fourth-order valence-corrected chi connectivity index (χ4v) is 1.38. The summed E-state index contributed by atoms with van der Waals surface area (Å²) in [6, 6.07) is 5.32. The highest BCUT2D eigenvalue weighted by Gasteiger charge is 2.02. The summed E-state index contributed by atoms with van der Waals surface area (Å²) >= 11 is 9.96. The Morgan fingerprint density at radius 2 is 2.25 bits per heavy atom. The minimum atomic E-state index is 0.118. The number of halogens is 1. The molecule has 0 atom stereocenters. The van der Waals surface area contributed by atoms with Gasteiger partial charge in [0, 0.05) is 16.3 Å². The Morgan fingerprint density at radius 1 is 1.58 bits per heavy atom. The summed E-state index contributed by atoms with van der Waals surface area (Å²) in [5.74, 6) is 0.118. The van der Waals surface area contributed by atoms with E-state index >= 15 is 0 Å². The number of rotatable bonds is 2. The molecule has 0 fully saturated rings. The lowest BCUT2D eigenvalue weighted by Gasteiger charge is -2.02. The molecule has 0 aliphatic rings. The van der Waals surface area contributed by atoms with Gasteiger partial charge in [-0.1, -0.05) is 11.6 Å². The molecule has 1 aromatic carbocycles. The zero-order valence-electron chi connectivity index (χ0n) is 6.67. The third-order valence-corrected chi connectivity index (χ3v) is 2.15. The van der Waals surface area contributed by atoms with Crippen LogP contribution in [0.2, 0.25) is 5.02 Å². The van der Waals surface area contributed by atoms with Crippen LogP contribution in [-0.2, 0) is 11.2 Å². The van der Waals surface area contributed by atoms with E-state index in [-0.39, 0.29) is 5.78 Å². The summed E-state index contributed by atoms with van der Waals surface area (Å²) in [7, 11) is 0. The predicted molar refractivity (Wildman–Crippen MR) is 53.1 cm³/mol. The normalized spacial score (nSPS) is 9.92. The first kappa shape index (κ1) is 9.62. The van der Waals surface area contributed by atoms with Gasteiger partial charge in [0.1, 0.15) is 5.78 Å². The number of Topliss-reactive ketones (excluding diaryl/α,β-unsaturated/α-hetero) is 1. The molecule has 0 amide bonds. The van der Waals surface area contributed by atoms with E-state index in [0.29, 0.717) is 11.4 Å². The number of hydrogen-bond donors (Lipinski definition) is 1. The van der Waals surface area contributed by atoms with E-state index in [1.165, 1.54) is 0 Å². The summed E-state index contributed by atoms with van der Waals surface area (Å²) in [4.78, 5) is 11.6. The van der Waals surface area contributed by atoms with Gasteiger partial charge in [-0.2, -0.15) is 0 Å². The van der Waals surface area contributed by atoms with E-state index in [1.807, 2.05) is 0 Å². The molecule has 1 rings (SSSR count). The quantitative estimate of drug-likeness (QED) is 0.727. The van der Waals surface area contributed by atoms with Crippen molar-refractivity contribution in [3.05, 3.63) is 28.8 Å². The van der Waals surface area contributed by atoms with Gasteiger partial charge in [-0.25, -0.2) is 0 Å². The molecular formula is C9H9ClOS. The van der Waals surface area contributed by atoms with Gasteiger partial charge < -0.3 is 0 Å². The van der Waals surface area contributed by atoms with Crippen LogP contribution < -0.4 is 0 Å². The lowest BCUT2D eigenvalue weighted by atomic mass is 10.1. The highest BCUT2D eigenvalue weighted by Crippen LogP contribution is 2.19. The van der Waals surface area contributed by atoms with Crippen molar-refractivity contribution < 1.29 is 4.79 Å². The lowest BCUT2D eigenvalue weighted by Crippen LogP contribution is -1.97. The fraction of sp³-hybridized carbons (Fsp3) is 0.222. The van der Waals surface area contributed by atoms with Crippen LogP contribution in [0.4, 0.5) is 0 Å². The number of benzene rings is 1. The van der Waals surface area contributed by atoms with Crippen LogP contribution in [0.25, 0.3) is 0 Å². The van der Waals surface area contributed by atoms with Gasteiger partial charge in [-0.05, 0) is 30.7 Å². The Balaban J connectivity index is 2.97. The van der Waals surface area contributed by atoms with Crippen molar-refractivity contribution >= 4 is 30.0 Å². The maximum Gasteiger partial charge on any atom is 0.134 e. The molecule has 0 unspecified atom stereocenters. The third kappa shape index (κ3) is 2.54. The summed E-state index contributed by atoms with van der Waals surface area (Å²) in [6.07, 6.45) is 0.402. The van der Waals surface area contributed by atoms with E-state index in [0.717, 1.165) is 10.5 Å². The van der Waals surface area contributed by atoms with Crippen molar-refractivity contribution in [1.82, 2.24) is 0 Å². The van der Waals surface area contributed by atoms with E-state index in [4.69, 9.17) is 11.6 Å². The van der Waals surface area contributed by atoms with E-state index in [9.17, 15) is 4.79 Å². The molecule has 1 nitrogen and oxygen atoms in total. The Morgan fingerprint density at radius 3 is 2.83 bits per heavy atom. The highest BCUT2D eigenvalue weighted by molar-refractivity contribution is 7.80. The number of hydrogen-bond acceptors (Lipinski definition) is 2. The topological polar surface area (TPSA) is 17.1 Å². The van der Waals surface area contributed by atoms with Crippen LogP contribution in [0, 0.1) is 0 Å². The second-order valence-electron chi connectivity index (χ2n) is 2.65. The molecule has 0 aliphatic carbocycles. The number of thiol groups is 1. The zero-order valence-corrected chi connectivity index (χ0v) is 8.32. The van der Waals surface area contributed by atoms with Gasteiger partial charge >= 0.3 is 0 Å². The van der Waals surface area contributed by atoms with Crippen molar-refractivity contribution in [1.29, 1.82) is 0 Å². The molecule has 0 saturated carbocycles. The molecule has 0 bridgehead atoms. The van der Waals surface area contributed by atoms with Crippen molar-refractivity contribution in [3.8, 4) is 0 Å². The second-order valence-corrected chi connectivity index (χ2v) is 3.57. The Kier molecular flexibility index (Phi) is 3.18. The van der Waals surface area contributed by atoms with Crippen LogP contribution in [0.15, 0.2) is 23.1 Å². The smallest absolute Gasteiger partial charge is 0.134 e. The van der Waals surface area contributed by atoms with Crippen molar-refractivity contribution in [2.75, 3.05) is 0 Å². The number of ketones is 1. The standard InChI is InChI=1S/C9H9ClOS/c1-6(11)4-7-5-8(10)2-3-9(7)12/h2-3,5,12H,4H2,1H3. The van der Waals surface area contributed by atoms with Crippen LogP contribution >= 0.6 is 24.2 Å². The summed E-state index contributed by atoms with van der Waals surface area (Å²) < 4.78 is 0. The van der Waals surface area contributed by atoms with E-state index in [2.05, 4.69) is 12.6 Å². The molecule has 0 heterocycles. The molecular weight excluding hydrogens is 192 g/mol. The molecule has 3 heteroatoms. The molecule has 0 spiro atoms. The third-order valence-electron chi connectivity index (χ3n) is 1.48. The molecule has 0 saturated heterocycles. The molecule has 64 valence electrons. The average molecular weight is 201 g/mol. The second kappa shape index (κ2) is 3.97. The van der Waals surface area contributed by atoms with E-state index in [1.54, 1.807) is 25.1 Å². The Hall–Kier alpha value is -0.470. The largest absolute Gasteiger partial charge is 0.300 e. The minimum absolute atomic E-state index is 0.118. The molecule has 0 N–H and O–H groups in total. The lowest BCUT2D eigenvalue weighted by molar-refractivity contribution is -0.116. The number of carbonyl (C=O) groups excluding carboxylic acids is 1. The average Bonchev–Trinajstić information content (AvgIpc) is 1.96. The first-order valence-corrected chi connectivity index (χ1v) is 4.39. The maximum absolute atomic E-state index is 10.8. The molecule has 0 aliphatic heterocycles. The molecule has 0 radical (unpaired) electrons. The predicted octanol–water partition coefficient (Wildman–Crippen LogP) is 2.76.